The van der Waals surface area contributed by atoms with Crippen molar-refractivity contribution < 1.29 is 39.8 Å². The molecular weight excluding hydrogens is 595 g/mol. The average Bonchev–Trinajstić information content (AvgIpc) is 2.72. The van der Waals surface area contributed by atoms with Gasteiger partial charge in [-0.3, -0.25) is 4.79 Å². The molecule has 0 saturated heterocycles. The van der Waals surface area contributed by atoms with Gasteiger partial charge in [-0.15, -0.1) is 17.7 Å². The van der Waals surface area contributed by atoms with Gasteiger partial charge >= 0.3 is 0 Å². The van der Waals surface area contributed by atoms with Gasteiger partial charge in [0.15, 0.2) is 5.78 Å². The van der Waals surface area contributed by atoms with Crippen LogP contribution < -0.4 is 4.74 Å². The number of aryl methyl sites for hydroxylation is 3. The molecule has 6 heteroatoms. The Balaban J connectivity index is 0.000000595. The number of rotatable bonds is 5. The first-order valence-corrected chi connectivity index (χ1v) is 10.3. The van der Waals surface area contributed by atoms with Crippen LogP contribution in [0.25, 0.3) is 22.4 Å². The van der Waals surface area contributed by atoms with Crippen LogP contribution in [-0.2, 0) is 31.5 Å². The van der Waals surface area contributed by atoms with Crippen molar-refractivity contribution >= 4 is 5.78 Å². The van der Waals surface area contributed by atoms with Gasteiger partial charge in [0.1, 0.15) is 0 Å². The number of aliphatic hydroxyl groups excluding tert-OH is 2. The second-order valence-corrected chi connectivity index (χ2v) is 7.70. The number of pyridine rings is 1. The third-order valence-corrected chi connectivity index (χ3v) is 4.80. The van der Waals surface area contributed by atoms with Gasteiger partial charge in [-0.05, 0) is 68.6 Å². The minimum Gasteiger partial charge on any atom is -0.540 e. The number of benzene rings is 2. The molecule has 3 rings (SSSR count). The van der Waals surface area contributed by atoms with Crippen LogP contribution >= 0.6 is 0 Å². The third-order valence-electron chi connectivity index (χ3n) is 4.80. The summed E-state index contributed by atoms with van der Waals surface area (Å²) in [4.78, 5) is 14.5. The number of hydrogen-bond donors (Lipinski definition) is 2. The van der Waals surface area contributed by atoms with E-state index in [0.29, 0.717) is 5.75 Å². The Kier molecular flexibility index (Phi) is 11.2. The molecule has 0 aliphatic heterocycles. The Hall–Kier alpha value is -2.79. The SMILES string of the molecule is CC(=O)/C=C(/C)O.COc1c[c-]c(-c2cc(-c3c(C)cc(C)cc3C)ccn2)c(CO)c1.[Ir]. The molecule has 33 heavy (non-hydrogen) atoms. The number of aliphatic hydroxyl groups is 2. The van der Waals surface area contributed by atoms with Gasteiger partial charge in [0.05, 0.1) is 12.9 Å². The number of aromatic nitrogens is 1. The molecule has 177 valence electrons. The van der Waals surface area contributed by atoms with Crippen molar-refractivity contribution in [3.63, 3.8) is 0 Å². The van der Waals surface area contributed by atoms with Crippen LogP contribution in [0.15, 0.2) is 54.4 Å². The fourth-order valence-corrected chi connectivity index (χ4v) is 3.65. The first kappa shape index (κ1) is 28.2. The number of ketones is 1. The second kappa shape index (κ2) is 13.0. The third kappa shape index (κ3) is 7.93. The van der Waals surface area contributed by atoms with E-state index in [1.807, 2.05) is 18.3 Å². The molecule has 2 N–H and O–H groups in total. The van der Waals surface area contributed by atoms with E-state index < -0.39 is 0 Å². The van der Waals surface area contributed by atoms with E-state index in [-0.39, 0.29) is 38.3 Å². The monoisotopic (exact) mass is 625 g/mol. The first-order valence-electron chi connectivity index (χ1n) is 10.3. The van der Waals surface area contributed by atoms with Crippen LogP contribution in [-0.4, -0.2) is 28.1 Å². The quantitative estimate of drug-likeness (QED) is 0.217. The largest absolute Gasteiger partial charge is 0.540 e. The molecular formula is C27H30IrNO4-. The molecule has 0 atom stereocenters. The molecule has 0 bridgehead atoms. The van der Waals surface area contributed by atoms with Crippen LogP contribution in [0.3, 0.4) is 0 Å². The summed E-state index contributed by atoms with van der Waals surface area (Å²) in [6.07, 6.45) is 2.97. The van der Waals surface area contributed by atoms with Crippen molar-refractivity contribution in [2.45, 2.75) is 41.2 Å². The summed E-state index contributed by atoms with van der Waals surface area (Å²) in [7, 11) is 1.60. The summed E-state index contributed by atoms with van der Waals surface area (Å²) in [6, 6.07) is 15.3. The molecule has 0 aliphatic carbocycles. The maximum atomic E-state index is 10.0. The van der Waals surface area contributed by atoms with Crippen molar-refractivity contribution in [2.75, 3.05) is 7.11 Å². The first-order chi connectivity index (χ1) is 15.2. The number of carbonyl (C=O) groups is 1. The van der Waals surface area contributed by atoms with Gasteiger partial charge in [0.25, 0.3) is 0 Å². The number of methoxy groups -OCH3 is 1. The van der Waals surface area contributed by atoms with E-state index in [9.17, 15) is 9.90 Å². The molecule has 5 nitrogen and oxygen atoms in total. The summed E-state index contributed by atoms with van der Waals surface area (Å²) >= 11 is 0. The fourth-order valence-electron chi connectivity index (χ4n) is 3.65. The fraction of sp³-hybridized carbons (Fsp3) is 0.259. The molecule has 0 fully saturated rings. The zero-order chi connectivity index (χ0) is 23.8. The Morgan fingerprint density at radius 3 is 2.24 bits per heavy atom. The van der Waals surface area contributed by atoms with Gasteiger partial charge in [-0.2, -0.15) is 0 Å². The van der Waals surface area contributed by atoms with Crippen LogP contribution in [0.2, 0.25) is 0 Å². The van der Waals surface area contributed by atoms with Crippen molar-refractivity contribution in [2.24, 2.45) is 0 Å². The van der Waals surface area contributed by atoms with E-state index in [0.717, 1.165) is 22.4 Å². The molecule has 0 amide bonds. The molecule has 0 spiro atoms. The topological polar surface area (TPSA) is 79.7 Å². The molecule has 0 aliphatic rings. The average molecular weight is 625 g/mol. The predicted octanol–water partition coefficient (Wildman–Crippen LogP) is 5.68. The van der Waals surface area contributed by atoms with Crippen molar-refractivity contribution in [1.82, 2.24) is 4.98 Å². The van der Waals surface area contributed by atoms with Gasteiger partial charge in [-0.25, -0.2) is 0 Å². The summed E-state index contributed by atoms with van der Waals surface area (Å²) in [5.41, 5.74) is 8.45. The molecule has 1 radical (unpaired) electrons. The summed E-state index contributed by atoms with van der Waals surface area (Å²) < 4.78 is 5.22. The standard InChI is InChI=1S/C22H22NO2.C5H8O2.Ir/c1-14-9-15(2)22(16(3)10-14)17-7-8-23-21(12-17)20-6-5-19(25-4)11-18(20)13-24;1-4(6)3-5(2)7;/h5,7-12,24H,13H2,1-4H3;3,6H,1-2H3;/q-1;;/b;4-3-;. The zero-order valence-corrected chi connectivity index (χ0v) is 22.2. The van der Waals surface area contributed by atoms with E-state index in [1.54, 1.807) is 13.2 Å². The van der Waals surface area contributed by atoms with E-state index >= 15 is 0 Å². The number of nitrogens with zero attached hydrogens (tertiary/aromatic N) is 1. The number of carbonyl (C=O) groups excluding carboxylic acids is 1. The molecule has 2 aromatic carbocycles. The van der Waals surface area contributed by atoms with Gasteiger partial charge < -0.3 is 19.9 Å². The zero-order valence-electron chi connectivity index (χ0n) is 19.8. The minimum absolute atomic E-state index is 0. The number of allylic oxidation sites excluding steroid dienone is 2. The van der Waals surface area contributed by atoms with Crippen molar-refractivity contribution in [3.05, 3.63) is 82.8 Å². The summed E-state index contributed by atoms with van der Waals surface area (Å²) in [5.74, 6) is 0.613. The maximum Gasteiger partial charge on any atom is 0.155 e. The Labute approximate surface area is 209 Å². The van der Waals surface area contributed by atoms with Crippen LogP contribution in [0.5, 0.6) is 5.75 Å². The molecule has 1 aromatic heterocycles. The number of ether oxygens (including phenoxy) is 1. The minimum atomic E-state index is -0.125. The Morgan fingerprint density at radius 2 is 1.76 bits per heavy atom. The normalized spacial score (nSPS) is 10.6. The van der Waals surface area contributed by atoms with E-state index in [2.05, 4.69) is 50.0 Å². The molecule has 1 heterocycles. The second-order valence-electron chi connectivity index (χ2n) is 7.70. The Bertz CT molecular complexity index is 1110. The Morgan fingerprint density at radius 1 is 1.12 bits per heavy atom. The van der Waals surface area contributed by atoms with E-state index in [1.165, 1.54) is 42.2 Å². The van der Waals surface area contributed by atoms with Crippen molar-refractivity contribution in [1.29, 1.82) is 0 Å². The van der Waals surface area contributed by atoms with Gasteiger partial charge in [-0.1, -0.05) is 35.4 Å². The maximum absolute atomic E-state index is 10.0. The van der Waals surface area contributed by atoms with Gasteiger partial charge in [0, 0.05) is 44.7 Å². The summed E-state index contributed by atoms with van der Waals surface area (Å²) in [5, 5.41) is 18.1. The van der Waals surface area contributed by atoms with Crippen LogP contribution in [0.1, 0.15) is 36.1 Å². The predicted molar refractivity (Wildman–Crippen MR) is 128 cm³/mol. The van der Waals surface area contributed by atoms with Crippen LogP contribution in [0.4, 0.5) is 0 Å². The van der Waals surface area contributed by atoms with E-state index in [4.69, 9.17) is 9.84 Å². The molecule has 3 aromatic rings. The van der Waals surface area contributed by atoms with Gasteiger partial charge in [0.2, 0.25) is 0 Å². The van der Waals surface area contributed by atoms with Crippen molar-refractivity contribution in [3.8, 4) is 28.1 Å². The smallest absolute Gasteiger partial charge is 0.155 e. The van der Waals surface area contributed by atoms with Crippen LogP contribution in [0, 0.1) is 26.8 Å². The molecule has 0 unspecified atom stereocenters. The molecule has 0 saturated carbocycles. The number of hydrogen-bond acceptors (Lipinski definition) is 5. The summed E-state index contributed by atoms with van der Waals surface area (Å²) in [6.45, 7) is 9.14.